The number of hydrogen-bond donors (Lipinski definition) is 2. The second kappa shape index (κ2) is 7.56. The summed E-state index contributed by atoms with van der Waals surface area (Å²) < 4.78 is 5.42. The summed E-state index contributed by atoms with van der Waals surface area (Å²) >= 11 is 0. The fourth-order valence-corrected chi connectivity index (χ4v) is 5.42. The van der Waals surface area contributed by atoms with Crippen molar-refractivity contribution < 1.29 is 19.4 Å². The standard InChI is InChI=1S/C24H34N2O4/c1-5-24(29,13-20(28)30-23(2,3)4)17-11-15-10-16-14-26-9-7-6-8-18(26)21(16)25-22(15)19(27)12-17/h7,9,12,16,18,21,25,29H,5-6,8,10-11,13-14H2,1-4H3. The SMILES string of the molecule is CCC(O)(CC(=O)OC(C)(C)C)C1=CC(=O)C2=C(C1)CC1CN3C=CCCC3C1N2. The zero-order valence-corrected chi connectivity index (χ0v) is 18.5. The van der Waals surface area contributed by atoms with Gasteiger partial charge < -0.3 is 20.1 Å². The van der Waals surface area contributed by atoms with E-state index in [0.717, 1.165) is 31.4 Å². The van der Waals surface area contributed by atoms with Crippen LogP contribution in [0.5, 0.6) is 0 Å². The van der Waals surface area contributed by atoms with Gasteiger partial charge in [-0.3, -0.25) is 9.59 Å². The molecule has 0 bridgehead atoms. The highest BCUT2D eigenvalue weighted by molar-refractivity contribution is 6.06. The number of aliphatic hydroxyl groups is 1. The molecule has 4 unspecified atom stereocenters. The highest BCUT2D eigenvalue weighted by Crippen LogP contribution is 2.43. The van der Waals surface area contributed by atoms with Gasteiger partial charge in [0.2, 0.25) is 5.78 Å². The Morgan fingerprint density at radius 2 is 2.13 bits per heavy atom. The highest BCUT2D eigenvalue weighted by atomic mass is 16.6. The van der Waals surface area contributed by atoms with Crippen molar-refractivity contribution in [1.29, 1.82) is 0 Å². The molecule has 6 nitrogen and oxygen atoms in total. The molecule has 0 radical (unpaired) electrons. The molecule has 0 aromatic heterocycles. The first-order valence-corrected chi connectivity index (χ1v) is 11.2. The van der Waals surface area contributed by atoms with Crippen LogP contribution < -0.4 is 5.32 Å². The Bertz CT molecular complexity index is 835. The summed E-state index contributed by atoms with van der Waals surface area (Å²) in [6.45, 7) is 8.27. The number of allylic oxidation sites excluding steroid dienone is 3. The van der Waals surface area contributed by atoms with Crippen LogP contribution in [0, 0.1) is 5.92 Å². The van der Waals surface area contributed by atoms with Gasteiger partial charge in [0.1, 0.15) is 5.60 Å². The maximum absolute atomic E-state index is 13.0. The lowest BCUT2D eigenvalue weighted by Crippen LogP contribution is -2.48. The first-order valence-electron chi connectivity index (χ1n) is 11.2. The van der Waals surface area contributed by atoms with Gasteiger partial charge in [0.15, 0.2) is 0 Å². The van der Waals surface area contributed by atoms with Gasteiger partial charge in [0, 0.05) is 18.5 Å². The number of hydrogen-bond acceptors (Lipinski definition) is 6. The predicted octanol–water partition coefficient (Wildman–Crippen LogP) is 2.98. The van der Waals surface area contributed by atoms with Crippen LogP contribution >= 0.6 is 0 Å². The van der Waals surface area contributed by atoms with Gasteiger partial charge in [-0.2, -0.15) is 0 Å². The van der Waals surface area contributed by atoms with Crippen LogP contribution in [0.2, 0.25) is 0 Å². The molecule has 0 aromatic rings. The third-order valence-electron chi connectivity index (χ3n) is 6.89. The number of esters is 1. The van der Waals surface area contributed by atoms with Gasteiger partial charge in [0.05, 0.1) is 23.8 Å². The molecule has 164 valence electrons. The molecule has 4 aliphatic rings. The molecule has 0 spiro atoms. The van der Waals surface area contributed by atoms with Crippen LogP contribution in [0.3, 0.4) is 0 Å². The number of fused-ring (bicyclic) bond motifs is 3. The fourth-order valence-electron chi connectivity index (χ4n) is 5.42. The van der Waals surface area contributed by atoms with Gasteiger partial charge in [-0.1, -0.05) is 13.0 Å². The summed E-state index contributed by atoms with van der Waals surface area (Å²) in [6, 6.07) is 0.756. The van der Waals surface area contributed by atoms with Gasteiger partial charge in [-0.25, -0.2) is 0 Å². The average molecular weight is 415 g/mol. The van der Waals surface area contributed by atoms with Crippen molar-refractivity contribution in [2.24, 2.45) is 5.92 Å². The minimum absolute atomic E-state index is 0.0782. The molecule has 6 heteroatoms. The van der Waals surface area contributed by atoms with E-state index in [1.165, 1.54) is 0 Å². The lowest BCUT2D eigenvalue weighted by Gasteiger charge is -2.38. The maximum Gasteiger partial charge on any atom is 0.309 e. The van der Waals surface area contributed by atoms with Gasteiger partial charge in [-0.15, -0.1) is 0 Å². The number of ketones is 1. The second-order valence-electron chi connectivity index (χ2n) is 10.2. The number of carbonyl (C=O) groups is 2. The van der Waals surface area contributed by atoms with E-state index in [0.29, 0.717) is 42.1 Å². The van der Waals surface area contributed by atoms with E-state index in [9.17, 15) is 14.7 Å². The average Bonchev–Trinajstić information content (AvgIpc) is 3.02. The second-order valence-corrected chi connectivity index (χ2v) is 10.2. The Morgan fingerprint density at radius 1 is 1.37 bits per heavy atom. The van der Waals surface area contributed by atoms with E-state index in [-0.39, 0.29) is 12.2 Å². The maximum atomic E-state index is 13.0. The van der Waals surface area contributed by atoms with E-state index >= 15 is 0 Å². The summed E-state index contributed by atoms with van der Waals surface area (Å²) in [5.41, 5.74) is 0.452. The van der Waals surface area contributed by atoms with Crippen LogP contribution in [-0.2, 0) is 14.3 Å². The summed E-state index contributed by atoms with van der Waals surface area (Å²) in [6.07, 6.45) is 9.80. The predicted molar refractivity (Wildman–Crippen MR) is 114 cm³/mol. The molecule has 0 amide bonds. The molecule has 3 heterocycles. The lowest BCUT2D eigenvalue weighted by atomic mass is 9.75. The van der Waals surface area contributed by atoms with Crippen LogP contribution in [-0.4, -0.2) is 51.6 Å². The monoisotopic (exact) mass is 414 g/mol. The third kappa shape index (κ3) is 3.94. The minimum atomic E-state index is -1.36. The first kappa shape index (κ1) is 21.2. The van der Waals surface area contributed by atoms with Crippen molar-refractivity contribution in [3.63, 3.8) is 0 Å². The van der Waals surface area contributed by atoms with E-state index < -0.39 is 17.2 Å². The highest BCUT2D eigenvalue weighted by Gasteiger charge is 2.46. The molecule has 3 aliphatic heterocycles. The fraction of sp³-hybridized carbons (Fsp3) is 0.667. The van der Waals surface area contributed by atoms with E-state index in [2.05, 4.69) is 22.5 Å². The lowest BCUT2D eigenvalue weighted by molar-refractivity contribution is -0.159. The number of nitrogens with one attached hydrogen (secondary N) is 1. The number of ether oxygens (including phenoxy) is 1. The van der Waals surface area contributed by atoms with Crippen LogP contribution in [0.15, 0.2) is 35.2 Å². The zero-order valence-electron chi connectivity index (χ0n) is 18.5. The first-order chi connectivity index (χ1) is 14.1. The van der Waals surface area contributed by atoms with E-state index in [1.54, 1.807) is 6.08 Å². The summed E-state index contributed by atoms with van der Waals surface area (Å²) in [7, 11) is 0. The zero-order chi connectivity index (χ0) is 21.7. The molecule has 1 aliphatic carbocycles. The molecule has 1 fully saturated rings. The van der Waals surface area contributed by atoms with Crippen LogP contribution in [0.4, 0.5) is 0 Å². The molecule has 1 saturated heterocycles. The minimum Gasteiger partial charge on any atom is -0.460 e. The Kier molecular flexibility index (Phi) is 5.33. The van der Waals surface area contributed by atoms with Crippen molar-refractivity contribution in [1.82, 2.24) is 10.2 Å². The van der Waals surface area contributed by atoms with Gasteiger partial charge in [0.25, 0.3) is 0 Å². The topological polar surface area (TPSA) is 78.9 Å². The Labute approximate surface area is 179 Å². The quantitative estimate of drug-likeness (QED) is 0.689. The Balaban J connectivity index is 1.51. The number of nitrogens with zero attached hydrogens (tertiary/aromatic N) is 1. The molecule has 2 N–H and O–H groups in total. The largest absolute Gasteiger partial charge is 0.460 e. The van der Waals surface area contributed by atoms with Crippen molar-refractivity contribution in [2.45, 2.75) is 89.5 Å². The molecule has 4 atom stereocenters. The Morgan fingerprint density at radius 3 is 2.83 bits per heavy atom. The van der Waals surface area contributed by atoms with E-state index in [4.69, 9.17) is 4.74 Å². The molecule has 0 saturated carbocycles. The molecule has 0 aromatic carbocycles. The molecule has 4 rings (SSSR count). The number of carbonyl (C=O) groups excluding carboxylic acids is 2. The van der Waals surface area contributed by atoms with Gasteiger partial charge >= 0.3 is 5.97 Å². The Hall–Kier alpha value is -2.08. The van der Waals surface area contributed by atoms with Crippen molar-refractivity contribution in [3.05, 3.63) is 35.2 Å². The summed E-state index contributed by atoms with van der Waals surface area (Å²) in [5, 5.41) is 14.9. The molecular formula is C24H34N2O4. The van der Waals surface area contributed by atoms with Crippen LogP contribution in [0.1, 0.15) is 66.2 Å². The third-order valence-corrected chi connectivity index (χ3v) is 6.89. The normalized spacial score (nSPS) is 30.0. The van der Waals surface area contributed by atoms with Crippen molar-refractivity contribution in [3.8, 4) is 0 Å². The van der Waals surface area contributed by atoms with Crippen LogP contribution in [0.25, 0.3) is 0 Å². The molecular weight excluding hydrogens is 380 g/mol. The van der Waals surface area contributed by atoms with E-state index in [1.807, 2.05) is 27.7 Å². The summed E-state index contributed by atoms with van der Waals surface area (Å²) in [5.74, 6) is -0.0592. The van der Waals surface area contributed by atoms with Gasteiger partial charge in [-0.05, 0) is 76.3 Å². The van der Waals surface area contributed by atoms with Crippen molar-refractivity contribution in [2.75, 3.05) is 6.54 Å². The number of rotatable bonds is 4. The molecule has 30 heavy (non-hydrogen) atoms. The summed E-state index contributed by atoms with van der Waals surface area (Å²) in [4.78, 5) is 27.8. The smallest absolute Gasteiger partial charge is 0.309 e. The van der Waals surface area contributed by atoms with Crippen molar-refractivity contribution >= 4 is 11.8 Å².